The van der Waals surface area contributed by atoms with Crippen molar-refractivity contribution in [2.45, 2.75) is 72.1 Å². The number of hydrogen-bond donors (Lipinski definition) is 2. The van der Waals surface area contributed by atoms with Gasteiger partial charge in [0.25, 0.3) is 0 Å². The van der Waals surface area contributed by atoms with Crippen LogP contribution in [0.25, 0.3) is 0 Å². The molecule has 5 nitrogen and oxygen atoms in total. The van der Waals surface area contributed by atoms with Crippen LogP contribution >= 0.6 is 11.3 Å². The van der Waals surface area contributed by atoms with E-state index in [1.54, 1.807) is 23.5 Å². The predicted octanol–water partition coefficient (Wildman–Crippen LogP) is 5.98. The Morgan fingerprint density at radius 3 is 2.20 bits per heavy atom. The van der Waals surface area contributed by atoms with Crippen LogP contribution in [0.2, 0.25) is 0 Å². The third-order valence-electron chi connectivity index (χ3n) is 5.70. The van der Waals surface area contributed by atoms with Crippen LogP contribution in [0.1, 0.15) is 82.2 Å². The molecule has 166 valence electrons. The Balaban J connectivity index is 2.62. The number of aliphatic hydroxyl groups excluding tert-OH is 1. The van der Waals surface area contributed by atoms with Gasteiger partial charge in [-0.25, -0.2) is 9.78 Å². The Bertz CT molecular complexity index is 854. The molecular formula is C24H36N2O3S. The number of rotatable bonds is 10. The molecule has 30 heavy (non-hydrogen) atoms. The van der Waals surface area contributed by atoms with Gasteiger partial charge in [-0.3, -0.25) is 0 Å². The summed E-state index contributed by atoms with van der Waals surface area (Å²) in [6.45, 7) is 16.2. The lowest BCUT2D eigenvalue weighted by molar-refractivity contribution is 0.0697. The summed E-state index contributed by atoms with van der Waals surface area (Å²) < 4.78 is 0. The summed E-state index contributed by atoms with van der Waals surface area (Å²) in [5, 5.41) is 19.8. The lowest BCUT2D eigenvalue weighted by Crippen LogP contribution is -2.26. The molecule has 0 spiro atoms. The quantitative estimate of drug-likeness (QED) is 0.483. The van der Waals surface area contributed by atoms with Crippen LogP contribution in [0.5, 0.6) is 0 Å². The van der Waals surface area contributed by atoms with Crippen LogP contribution in [0, 0.1) is 5.92 Å². The number of thiazole rings is 1. The second-order valence-electron chi connectivity index (χ2n) is 9.63. The van der Waals surface area contributed by atoms with Crippen LogP contribution in [-0.2, 0) is 10.8 Å². The first-order chi connectivity index (χ1) is 13.9. The van der Waals surface area contributed by atoms with Crippen molar-refractivity contribution in [2.24, 2.45) is 5.92 Å². The van der Waals surface area contributed by atoms with E-state index in [0.29, 0.717) is 12.3 Å². The van der Waals surface area contributed by atoms with Gasteiger partial charge in [-0.2, -0.15) is 0 Å². The molecule has 2 aromatic rings. The fourth-order valence-corrected chi connectivity index (χ4v) is 4.75. The maximum atomic E-state index is 11.2. The SMILES string of the molecule is CCC(C)(C)c1nc(N(CC(C)C)c2ccc(C(=O)O)cc2)sc1C(C)(C)CCO. The van der Waals surface area contributed by atoms with Crippen LogP contribution in [0.15, 0.2) is 24.3 Å². The average Bonchev–Trinajstić information content (AvgIpc) is 3.13. The maximum absolute atomic E-state index is 11.2. The van der Waals surface area contributed by atoms with E-state index in [2.05, 4.69) is 53.4 Å². The first-order valence-corrected chi connectivity index (χ1v) is 11.5. The van der Waals surface area contributed by atoms with Gasteiger partial charge in [0.1, 0.15) is 0 Å². The van der Waals surface area contributed by atoms with Gasteiger partial charge in [0.15, 0.2) is 5.13 Å². The number of nitrogens with zero attached hydrogens (tertiary/aromatic N) is 2. The van der Waals surface area contributed by atoms with Crippen molar-refractivity contribution in [1.82, 2.24) is 4.98 Å². The molecule has 6 heteroatoms. The molecule has 0 bridgehead atoms. The summed E-state index contributed by atoms with van der Waals surface area (Å²) in [5.74, 6) is -0.518. The Labute approximate surface area is 184 Å². The van der Waals surface area contributed by atoms with Gasteiger partial charge in [-0.15, -0.1) is 11.3 Å². The molecule has 2 N–H and O–H groups in total. The molecule has 0 saturated carbocycles. The molecule has 0 saturated heterocycles. The van der Waals surface area contributed by atoms with E-state index in [0.717, 1.165) is 29.5 Å². The highest BCUT2D eigenvalue weighted by molar-refractivity contribution is 7.16. The number of carbonyl (C=O) groups is 1. The van der Waals surface area contributed by atoms with E-state index in [-0.39, 0.29) is 23.0 Å². The van der Waals surface area contributed by atoms with Crippen LogP contribution in [-0.4, -0.2) is 34.3 Å². The Kier molecular flexibility index (Phi) is 7.69. The van der Waals surface area contributed by atoms with Crippen molar-refractivity contribution >= 4 is 28.1 Å². The van der Waals surface area contributed by atoms with E-state index < -0.39 is 5.97 Å². The number of aliphatic hydroxyl groups is 1. The first-order valence-electron chi connectivity index (χ1n) is 10.7. The van der Waals surface area contributed by atoms with E-state index in [4.69, 9.17) is 4.98 Å². The highest BCUT2D eigenvalue weighted by Crippen LogP contribution is 2.44. The molecule has 0 radical (unpaired) electrons. The van der Waals surface area contributed by atoms with E-state index in [1.807, 2.05) is 12.1 Å². The van der Waals surface area contributed by atoms with Gasteiger partial charge < -0.3 is 15.1 Å². The second kappa shape index (κ2) is 9.48. The molecule has 0 fully saturated rings. The molecule has 0 unspecified atom stereocenters. The highest BCUT2D eigenvalue weighted by atomic mass is 32.1. The van der Waals surface area contributed by atoms with E-state index in [9.17, 15) is 15.0 Å². The third kappa shape index (κ3) is 5.41. The zero-order valence-electron chi connectivity index (χ0n) is 19.3. The molecule has 0 aliphatic heterocycles. The Morgan fingerprint density at radius 1 is 1.13 bits per heavy atom. The molecule has 0 aliphatic carbocycles. The summed E-state index contributed by atoms with van der Waals surface area (Å²) >= 11 is 1.69. The molecule has 1 aromatic heterocycles. The first kappa shape index (κ1) is 24.4. The molecule has 1 heterocycles. The van der Waals surface area contributed by atoms with Crippen molar-refractivity contribution in [3.63, 3.8) is 0 Å². The number of aromatic carboxylic acids is 1. The van der Waals surface area contributed by atoms with Crippen molar-refractivity contribution in [3.05, 3.63) is 40.4 Å². The molecule has 0 aliphatic rings. The van der Waals surface area contributed by atoms with Gasteiger partial charge in [0, 0.05) is 34.5 Å². The molecular weight excluding hydrogens is 396 g/mol. The lowest BCUT2D eigenvalue weighted by Gasteiger charge is -2.29. The van der Waals surface area contributed by atoms with E-state index >= 15 is 0 Å². The molecule has 0 amide bonds. The number of anilines is 2. The van der Waals surface area contributed by atoms with Crippen LogP contribution < -0.4 is 4.90 Å². The van der Waals surface area contributed by atoms with E-state index in [1.165, 1.54) is 4.88 Å². The maximum Gasteiger partial charge on any atom is 0.335 e. The number of aromatic nitrogens is 1. The van der Waals surface area contributed by atoms with Gasteiger partial charge in [-0.1, -0.05) is 48.5 Å². The lowest BCUT2D eigenvalue weighted by atomic mass is 9.78. The topological polar surface area (TPSA) is 73.7 Å². The number of carboxylic acids is 1. The summed E-state index contributed by atoms with van der Waals surface area (Å²) in [6.07, 6.45) is 1.65. The number of benzene rings is 1. The van der Waals surface area contributed by atoms with Crippen molar-refractivity contribution in [1.29, 1.82) is 0 Å². The van der Waals surface area contributed by atoms with Crippen molar-refractivity contribution in [3.8, 4) is 0 Å². The predicted molar refractivity (Wildman–Crippen MR) is 125 cm³/mol. The number of hydrogen-bond acceptors (Lipinski definition) is 5. The fourth-order valence-electron chi connectivity index (χ4n) is 3.35. The minimum Gasteiger partial charge on any atom is -0.478 e. The molecule has 0 atom stereocenters. The average molecular weight is 433 g/mol. The molecule has 1 aromatic carbocycles. The summed E-state index contributed by atoms with van der Waals surface area (Å²) in [5.41, 5.74) is 2.06. The molecule has 2 rings (SSSR count). The monoisotopic (exact) mass is 432 g/mol. The van der Waals surface area contributed by atoms with Crippen LogP contribution in [0.4, 0.5) is 10.8 Å². The van der Waals surface area contributed by atoms with Crippen molar-refractivity contribution < 1.29 is 15.0 Å². The smallest absolute Gasteiger partial charge is 0.335 e. The normalized spacial score (nSPS) is 12.4. The largest absolute Gasteiger partial charge is 0.478 e. The van der Waals surface area contributed by atoms with Gasteiger partial charge in [0.05, 0.1) is 11.3 Å². The van der Waals surface area contributed by atoms with Crippen molar-refractivity contribution in [2.75, 3.05) is 18.1 Å². The summed E-state index contributed by atoms with van der Waals surface area (Å²) in [6, 6.07) is 7.00. The zero-order chi connectivity index (χ0) is 22.7. The minimum atomic E-state index is -0.925. The second-order valence-corrected chi connectivity index (χ2v) is 10.6. The Hall–Kier alpha value is -1.92. The van der Waals surface area contributed by atoms with Gasteiger partial charge in [0.2, 0.25) is 0 Å². The standard InChI is InChI=1S/C24H36N2O3S/c1-8-23(4,5)19-20(24(6,7)13-14-27)30-22(25-19)26(15-16(2)3)18-11-9-17(10-12-18)21(28)29/h9-12,16,27H,8,13-15H2,1-7H3,(H,28,29). The fraction of sp³-hybridized carbons (Fsp3) is 0.583. The summed E-state index contributed by atoms with van der Waals surface area (Å²) in [7, 11) is 0. The zero-order valence-corrected chi connectivity index (χ0v) is 20.1. The summed E-state index contributed by atoms with van der Waals surface area (Å²) in [4.78, 5) is 19.8. The number of carboxylic acid groups (broad SMARTS) is 1. The van der Waals surface area contributed by atoms with Crippen LogP contribution in [0.3, 0.4) is 0 Å². The van der Waals surface area contributed by atoms with Gasteiger partial charge in [-0.05, 0) is 43.0 Å². The minimum absolute atomic E-state index is 0.0759. The van der Waals surface area contributed by atoms with Gasteiger partial charge >= 0.3 is 5.97 Å². The Morgan fingerprint density at radius 2 is 1.73 bits per heavy atom. The highest BCUT2D eigenvalue weighted by Gasteiger charge is 2.35. The third-order valence-corrected chi connectivity index (χ3v) is 7.14.